The first kappa shape index (κ1) is 11.5. The molecular weight excluding hydrogens is 196 g/mol. The minimum Gasteiger partial charge on any atom is -0.329 e. The summed E-state index contributed by atoms with van der Waals surface area (Å²) >= 11 is 5.81. The Labute approximate surface area is 90.4 Å². The lowest BCUT2D eigenvalue weighted by atomic mass is 10.1. The van der Waals surface area contributed by atoms with Crippen molar-refractivity contribution < 1.29 is 0 Å². The van der Waals surface area contributed by atoms with Crippen molar-refractivity contribution in [3.63, 3.8) is 0 Å². The lowest BCUT2D eigenvalue weighted by Crippen LogP contribution is -2.28. The summed E-state index contributed by atoms with van der Waals surface area (Å²) in [5.74, 6) is 0. The Kier molecular flexibility index (Phi) is 4.94. The quantitative estimate of drug-likeness (QED) is 0.787. The fraction of sp³-hybridized carbons (Fsp3) is 0.455. The fourth-order valence-corrected chi connectivity index (χ4v) is 1.48. The van der Waals surface area contributed by atoms with E-state index in [9.17, 15) is 0 Å². The summed E-state index contributed by atoms with van der Waals surface area (Å²) in [4.78, 5) is 0. The lowest BCUT2D eigenvalue weighted by Gasteiger charge is -2.16. The summed E-state index contributed by atoms with van der Waals surface area (Å²) in [7, 11) is 0. The average Bonchev–Trinajstić information content (AvgIpc) is 2.21. The maximum Gasteiger partial charge on any atom is 0.0444 e. The van der Waals surface area contributed by atoms with E-state index in [1.807, 2.05) is 24.3 Å². The van der Waals surface area contributed by atoms with Crippen LogP contribution in [0.25, 0.3) is 0 Å². The molecule has 0 aromatic heterocycles. The summed E-state index contributed by atoms with van der Waals surface area (Å²) in [6.45, 7) is 3.74. The predicted molar refractivity (Wildman–Crippen MR) is 61.5 cm³/mol. The average molecular weight is 213 g/mol. The molecule has 0 spiro atoms. The molecule has 14 heavy (non-hydrogen) atoms. The Morgan fingerprint density at radius 1 is 1.36 bits per heavy atom. The molecule has 0 saturated heterocycles. The van der Waals surface area contributed by atoms with Gasteiger partial charge in [-0.3, -0.25) is 0 Å². The molecule has 2 nitrogen and oxygen atoms in total. The molecule has 1 aromatic rings. The van der Waals surface area contributed by atoms with Crippen LogP contribution in [0.1, 0.15) is 24.9 Å². The molecule has 0 saturated carbocycles. The molecule has 0 heterocycles. The van der Waals surface area contributed by atoms with Gasteiger partial charge in [0.15, 0.2) is 0 Å². The van der Waals surface area contributed by atoms with Crippen LogP contribution in [0.3, 0.4) is 0 Å². The van der Waals surface area contributed by atoms with E-state index in [0.29, 0.717) is 6.54 Å². The largest absolute Gasteiger partial charge is 0.329 e. The van der Waals surface area contributed by atoms with Crippen LogP contribution in [-0.2, 0) is 0 Å². The first-order chi connectivity index (χ1) is 6.77. The first-order valence-corrected chi connectivity index (χ1v) is 5.34. The maximum atomic E-state index is 5.81. The molecule has 3 N–H and O–H groups in total. The molecular formula is C11H17ClN2. The molecule has 3 heteroatoms. The van der Waals surface area contributed by atoms with Gasteiger partial charge >= 0.3 is 0 Å². The Bertz CT molecular complexity index is 258. The topological polar surface area (TPSA) is 38.0 Å². The number of hydrogen-bond acceptors (Lipinski definition) is 2. The van der Waals surface area contributed by atoms with Crippen molar-refractivity contribution in [3.8, 4) is 0 Å². The molecule has 78 valence electrons. The van der Waals surface area contributed by atoms with E-state index in [-0.39, 0.29) is 6.04 Å². The summed E-state index contributed by atoms with van der Waals surface area (Å²) in [5.41, 5.74) is 6.89. The number of rotatable bonds is 5. The van der Waals surface area contributed by atoms with E-state index < -0.39 is 0 Å². The highest BCUT2D eigenvalue weighted by molar-refractivity contribution is 6.30. The van der Waals surface area contributed by atoms with Gasteiger partial charge in [-0.1, -0.05) is 30.7 Å². The van der Waals surface area contributed by atoms with Gasteiger partial charge in [0.1, 0.15) is 0 Å². The van der Waals surface area contributed by atoms with Crippen LogP contribution >= 0.6 is 11.6 Å². The van der Waals surface area contributed by atoms with Crippen LogP contribution < -0.4 is 11.1 Å². The molecule has 0 aliphatic rings. The SMILES string of the molecule is CCCNC(CN)c1ccc(Cl)cc1. The molecule has 0 radical (unpaired) electrons. The summed E-state index contributed by atoms with van der Waals surface area (Å²) in [6.07, 6.45) is 1.12. The van der Waals surface area contributed by atoms with Crippen molar-refractivity contribution in [2.24, 2.45) is 5.73 Å². The van der Waals surface area contributed by atoms with Crippen LogP contribution in [0.15, 0.2) is 24.3 Å². The molecule has 0 amide bonds. The molecule has 1 rings (SSSR count). The van der Waals surface area contributed by atoms with Crippen LogP contribution in [0.2, 0.25) is 5.02 Å². The second kappa shape index (κ2) is 6.02. The van der Waals surface area contributed by atoms with E-state index in [0.717, 1.165) is 18.0 Å². The van der Waals surface area contributed by atoms with Gasteiger partial charge in [0.2, 0.25) is 0 Å². The standard InChI is InChI=1S/C11H17ClN2/c1-2-7-14-11(8-13)9-3-5-10(12)6-4-9/h3-6,11,14H,2,7-8,13H2,1H3. The minimum absolute atomic E-state index is 0.243. The Morgan fingerprint density at radius 3 is 2.50 bits per heavy atom. The van der Waals surface area contributed by atoms with E-state index in [2.05, 4.69) is 12.2 Å². The van der Waals surface area contributed by atoms with Gasteiger partial charge in [0, 0.05) is 17.6 Å². The smallest absolute Gasteiger partial charge is 0.0444 e. The second-order valence-electron chi connectivity index (χ2n) is 3.29. The fourth-order valence-electron chi connectivity index (χ4n) is 1.35. The monoisotopic (exact) mass is 212 g/mol. The third kappa shape index (κ3) is 3.29. The zero-order valence-electron chi connectivity index (χ0n) is 8.46. The van der Waals surface area contributed by atoms with Crippen molar-refractivity contribution in [2.45, 2.75) is 19.4 Å². The van der Waals surface area contributed by atoms with E-state index in [4.69, 9.17) is 17.3 Å². The molecule has 0 bridgehead atoms. The second-order valence-corrected chi connectivity index (χ2v) is 3.73. The normalized spacial score (nSPS) is 12.8. The third-order valence-corrected chi connectivity index (χ3v) is 2.40. The van der Waals surface area contributed by atoms with Crippen LogP contribution in [-0.4, -0.2) is 13.1 Å². The molecule has 0 aliphatic heterocycles. The highest BCUT2D eigenvalue weighted by atomic mass is 35.5. The van der Waals surface area contributed by atoms with E-state index >= 15 is 0 Å². The Balaban J connectivity index is 2.64. The van der Waals surface area contributed by atoms with Gasteiger partial charge in [-0.05, 0) is 30.7 Å². The molecule has 0 fully saturated rings. The third-order valence-electron chi connectivity index (χ3n) is 2.15. The highest BCUT2D eigenvalue weighted by Gasteiger charge is 2.07. The highest BCUT2D eigenvalue weighted by Crippen LogP contribution is 2.15. The van der Waals surface area contributed by atoms with Crippen LogP contribution in [0, 0.1) is 0 Å². The number of hydrogen-bond donors (Lipinski definition) is 2. The summed E-state index contributed by atoms with van der Waals surface area (Å²) in [5, 5.41) is 4.15. The number of halogens is 1. The van der Waals surface area contributed by atoms with Crippen molar-refractivity contribution in [1.29, 1.82) is 0 Å². The van der Waals surface area contributed by atoms with Gasteiger partial charge in [0.05, 0.1) is 0 Å². The molecule has 0 aliphatic carbocycles. The van der Waals surface area contributed by atoms with Crippen molar-refractivity contribution in [3.05, 3.63) is 34.9 Å². The number of benzene rings is 1. The van der Waals surface area contributed by atoms with Crippen LogP contribution in [0.5, 0.6) is 0 Å². The zero-order valence-corrected chi connectivity index (χ0v) is 9.22. The van der Waals surface area contributed by atoms with Crippen LogP contribution in [0.4, 0.5) is 0 Å². The van der Waals surface area contributed by atoms with Crippen molar-refractivity contribution >= 4 is 11.6 Å². The van der Waals surface area contributed by atoms with Gasteiger partial charge in [-0.15, -0.1) is 0 Å². The van der Waals surface area contributed by atoms with Gasteiger partial charge < -0.3 is 11.1 Å². The first-order valence-electron chi connectivity index (χ1n) is 4.96. The molecule has 1 unspecified atom stereocenters. The summed E-state index contributed by atoms with van der Waals surface area (Å²) < 4.78 is 0. The lowest BCUT2D eigenvalue weighted by molar-refractivity contribution is 0.540. The number of nitrogens with one attached hydrogen (secondary N) is 1. The maximum absolute atomic E-state index is 5.81. The van der Waals surface area contributed by atoms with Gasteiger partial charge in [-0.25, -0.2) is 0 Å². The zero-order chi connectivity index (χ0) is 10.4. The predicted octanol–water partition coefficient (Wildman–Crippen LogP) is 2.34. The van der Waals surface area contributed by atoms with Gasteiger partial charge in [0.25, 0.3) is 0 Å². The Hall–Kier alpha value is -0.570. The van der Waals surface area contributed by atoms with E-state index in [1.165, 1.54) is 5.56 Å². The Morgan fingerprint density at radius 2 is 2.00 bits per heavy atom. The summed E-state index contributed by atoms with van der Waals surface area (Å²) in [6, 6.07) is 8.07. The minimum atomic E-state index is 0.243. The van der Waals surface area contributed by atoms with Crippen molar-refractivity contribution in [1.82, 2.24) is 5.32 Å². The van der Waals surface area contributed by atoms with E-state index in [1.54, 1.807) is 0 Å². The van der Waals surface area contributed by atoms with Gasteiger partial charge in [-0.2, -0.15) is 0 Å². The molecule has 1 aromatic carbocycles. The molecule has 1 atom stereocenters. The van der Waals surface area contributed by atoms with Crippen molar-refractivity contribution in [2.75, 3.05) is 13.1 Å². The number of nitrogens with two attached hydrogens (primary N) is 1.